The summed E-state index contributed by atoms with van der Waals surface area (Å²) in [6.45, 7) is 5.12. The number of nitrogens with one attached hydrogen (secondary N) is 1. The van der Waals surface area contributed by atoms with Gasteiger partial charge in [0.2, 0.25) is 0 Å². The predicted octanol–water partition coefficient (Wildman–Crippen LogP) is 5.29. The third-order valence-corrected chi connectivity index (χ3v) is 4.80. The highest BCUT2D eigenvalue weighted by Gasteiger charge is 2.24. The Balaban J connectivity index is 1.93. The van der Waals surface area contributed by atoms with E-state index in [1.165, 1.54) is 32.1 Å². The molecule has 0 heterocycles. The molecule has 1 aliphatic carbocycles. The lowest BCUT2D eigenvalue weighted by molar-refractivity contribution is 0.246. The van der Waals surface area contributed by atoms with Gasteiger partial charge in [0.15, 0.2) is 0 Å². The van der Waals surface area contributed by atoms with Crippen LogP contribution in [0, 0.1) is 18.8 Å². The average Bonchev–Trinajstić information content (AvgIpc) is 2.88. The highest BCUT2D eigenvalue weighted by atomic mass is 35.5. The topological polar surface area (TPSA) is 21.3 Å². The number of hydrogen-bond acceptors (Lipinski definition) is 2. The molecule has 0 bridgehead atoms. The standard InChI is InChI=1S/C17H26ClNO/c1-4-5-13-6-7-14(8-13)11-20-17-10-15(19-3)9-16(18)12(17)2/h9-10,13-14,19H,4-8,11H2,1-3H3. The smallest absolute Gasteiger partial charge is 0.125 e. The minimum atomic E-state index is 0.711. The van der Waals surface area contributed by atoms with E-state index in [0.717, 1.165) is 34.5 Å². The van der Waals surface area contributed by atoms with E-state index in [0.29, 0.717) is 5.92 Å². The number of rotatable bonds is 6. The second-order valence-corrected chi connectivity index (χ2v) is 6.38. The van der Waals surface area contributed by atoms with Crippen LogP contribution in [0.25, 0.3) is 0 Å². The number of benzene rings is 1. The fourth-order valence-corrected chi connectivity index (χ4v) is 3.37. The number of hydrogen-bond donors (Lipinski definition) is 1. The molecule has 1 aliphatic rings. The molecular formula is C17H26ClNO. The van der Waals surface area contributed by atoms with Crippen molar-refractivity contribution >= 4 is 17.3 Å². The monoisotopic (exact) mass is 295 g/mol. The molecule has 3 heteroatoms. The Morgan fingerprint density at radius 2 is 2.05 bits per heavy atom. The second-order valence-electron chi connectivity index (χ2n) is 5.98. The molecule has 1 N–H and O–H groups in total. The van der Waals surface area contributed by atoms with E-state index in [4.69, 9.17) is 16.3 Å². The molecule has 112 valence electrons. The van der Waals surface area contributed by atoms with Gasteiger partial charge in [-0.1, -0.05) is 37.8 Å². The van der Waals surface area contributed by atoms with Crippen molar-refractivity contribution in [3.63, 3.8) is 0 Å². The highest BCUT2D eigenvalue weighted by molar-refractivity contribution is 6.31. The van der Waals surface area contributed by atoms with Gasteiger partial charge in [-0.2, -0.15) is 0 Å². The van der Waals surface area contributed by atoms with Crippen LogP contribution in [0.4, 0.5) is 5.69 Å². The maximum Gasteiger partial charge on any atom is 0.125 e. The molecule has 2 nitrogen and oxygen atoms in total. The summed E-state index contributed by atoms with van der Waals surface area (Å²) in [5, 5.41) is 3.89. The Morgan fingerprint density at radius 3 is 2.75 bits per heavy atom. The van der Waals surface area contributed by atoms with Gasteiger partial charge in [0.25, 0.3) is 0 Å². The predicted molar refractivity (Wildman–Crippen MR) is 87.0 cm³/mol. The molecule has 2 rings (SSSR count). The minimum Gasteiger partial charge on any atom is -0.493 e. The van der Waals surface area contributed by atoms with Crippen LogP contribution >= 0.6 is 11.6 Å². The molecule has 0 aliphatic heterocycles. The van der Waals surface area contributed by atoms with E-state index in [-0.39, 0.29) is 0 Å². The molecule has 0 radical (unpaired) electrons. The third kappa shape index (κ3) is 3.82. The van der Waals surface area contributed by atoms with Crippen molar-refractivity contribution in [2.24, 2.45) is 11.8 Å². The molecule has 0 spiro atoms. The lowest BCUT2D eigenvalue weighted by atomic mass is 10.0. The number of anilines is 1. The molecule has 2 atom stereocenters. The van der Waals surface area contributed by atoms with Crippen LogP contribution in [0.15, 0.2) is 12.1 Å². The zero-order valence-corrected chi connectivity index (χ0v) is 13.6. The lowest BCUT2D eigenvalue weighted by Crippen LogP contribution is -2.10. The Hall–Kier alpha value is -0.890. The zero-order chi connectivity index (χ0) is 14.5. The maximum absolute atomic E-state index is 6.24. The summed E-state index contributed by atoms with van der Waals surface area (Å²) < 4.78 is 6.05. The van der Waals surface area contributed by atoms with E-state index in [2.05, 4.69) is 12.2 Å². The van der Waals surface area contributed by atoms with Crippen LogP contribution < -0.4 is 10.1 Å². The van der Waals surface area contributed by atoms with Crippen molar-refractivity contribution < 1.29 is 4.74 Å². The molecule has 1 aromatic rings. The van der Waals surface area contributed by atoms with Crippen molar-refractivity contribution in [1.29, 1.82) is 0 Å². The minimum absolute atomic E-state index is 0.711. The van der Waals surface area contributed by atoms with E-state index < -0.39 is 0 Å². The second kappa shape index (κ2) is 7.21. The Labute approximate surface area is 127 Å². The van der Waals surface area contributed by atoms with Gasteiger partial charge < -0.3 is 10.1 Å². The van der Waals surface area contributed by atoms with Crippen molar-refractivity contribution in [2.45, 2.75) is 46.0 Å². The molecule has 20 heavy (non-hydrogen) atoms. The first kappa shape index (κ1) is 15.5. The summed E-state index contributed by atoms with van der Waals surface area (Å²) in [5.41, 5.74) is 2.04. The maximum atomic E-state index is 6.24. The molecule has 0 amide bonds. The van der Waals surface area contributed by atoms with Gasteiger partial charge in [-0.25, -0.2) is 0 Å². The molecule has 0 saturated heterocycles. The van der Waals surface area contributed by atoms with Crippen molar-refractivity contribution in [3.8, 4) is 5.75 Å². The summed E-state index contributed by atoms with van der Waals surface area (Å²) in [4.78, 5) is 0. The van der Waals surface area contributed by atoms with Gasteiger partial charge in [0.1, 0.15) is 5.75 Å². The molecule has 1 aromatic carbocycles. The Morgan fingerprint density at radius 1 is 1.30 bits per heavy atom. The lowest BCUT2D eigenvalue weighted by Gasteiger charge is -2.16. The summed E-state index contributed by atoms with van der Waals surface area (Å²) in [6.07, 6.45) is 6.68. The van der Waals surface area contributed by atoms with Gasteiger partial charge in [-0.3, -0.25) is 0 Å². The zero-order valence-electron chi connectivity index (χ0n) is 12.8. The van der Waals surface area contributed by atoms with Crippen LogP contribution in [0.2, 0.25) is 5.02 Å². The van der Waals surface area contributed by atoms with E-state index in [1.54, 1.807) is 0 Å². The molecule has 1 saturated carbocycles. The fourth-order valence-electron chi connectivity index (χ4n) is 3.16. The molecule has 2 unspecified atom stereocenters. The largest absolute Gasteiger partial charge is 0.493 e. The van der Waals surface area contributed by atoms with Crippen molar-refractivity contribution in [2.75, 3.05) is 19.0 Å². The summed E-state index contributed by atoms with van der Waals surface area (Å²) in [6, 6.07) is 3.98. The van der Waals surface area contributed by atoms with Crippen LogP contribution in [-0.4, -0.2) is 13.7 Å². The molecule has 1 fully saturated rings. The van der Waals surface area contributed by atoms with Crippen LogP contribution in [0.5, 0.6) is 5.75 Å². The summed E-state index contributed by atoms with van der Waals surface area (Å²) >= 11 is 6.24. The average molecular weight is 296 g/mol. The Kier molecular flexibility index (Phi) is 5.59. The van der Waals surface area contributed by atoms with Gasteiger partial charge in [0, 0.05) is 29.4 Å². The van der Waals surface area contributed by atoms with Gasteiger partial charge >= 0.3 is 0 Å². The molecule has 0 aromatic heterocycles. The van der Waals surface area contributed by atoms with Crippen molar-refractivity contribution in [3.05, 3.63) is 22.7 Å². The first-order valence-electron chi connectivity index (χ1n) is 7.74. The van der Waals surface area contributed by atoms with Crippen LogP contribution in [0.3, 0.4) is 0 Å². The van der Waals surface area contributed by atoms with Gasteiger partial charge in [-0.05, 0) is 37.7 Å². The van der Waals surface area contributed by atoms with E-state index in [1.807, 2.05) is 26.1 Å². The SMILES string of the molecule is CCCC1CCC(COc2cc(NC)cc(Cl)c2C)C1. The van der Waals surface area contributed by atoms with Gasteiger partial charge in [-0.15, -0.1) is 0 Å². The summed E-state index contributed by atoms with van der Waals surface area (Å²) in [5.74, 6) is 2.55. The van der Waals surface area contributed by atoms with Crippen molar-refractivity contribution in [1.82, 2.24) is 0 Å². The first-order valence-corrected chi connectivity index (χ1v) is 8.12. The number of ether oxygens (including phenoxy) is 1. The van der Waals surface area contributed by atoms with Gasteiger partial charge in [0.05, 0.1) is 6.61 Å². The molecular weight excluding hydrogens is 270 g/mol. The van der Waals surface area contributed by atoms with Crippen LogP contribution in [-0.2, 0) is 0 Å². The first-order chi connectivity index (χ1) is 9.63. The fraction of sp³-hybridized carbons (Fsp3) is 0.647. The summed E-state index contributed by atoms with van der Waals surface area (Å²) in [7, 11) is 1.90. The Bertz CT molecular complexity index is 447. The highest BCUT2D eigenvalue weighted by Crippen LogP contribution is 2.35. The number of halogens is 1. The van der Waals surface area contributed by atoms with E-state index in [9.17, 15) is 0 Å². The van der Waals surface area contributed by atoms with E-state index >= 15 is 0 Å². The quantitative estimate of drug-likeness (QED) is 0.770. The van der Waals surface area contributed by atoms with Crippen LogP contribution in [0.1, 0.15) is 44.6 Å². The third-order valence-electron chi connectivity index (χ3n) is 4.41. The normalized spacial score (nSPS) is 22.0.